The molecular formula is C18H24N3O+. The van der Waals surface area contributed by atoms with Gasteiger partial charge in [0.05, 0.1) is 11.6 Å². The van der Waals surface area contributed by atoms with Gasteiger partial charge in [0.25, 0.3) is 0 Å². The van der Waals surface area contributed by atoms with Crippen LogP contribution in [0.2, 0.25) is 0 Å². The van der Waals surface area contributed by atoms with E-state index in [2.05, 4.69) is 33.0 Å². The Morgan fingerprint density at radius 2 is 1.86 bits per heavy atom. The second-order valence-electron chi connectivity index (χ2n) is 6.16. The molecule has 0 amide bonds. The fourth-order valence-corrected chi connectivity index (χ4v) is 2.81. The van der Waals surface area contributed by atoms with Gasteiger partial charge in [-0.3, -0.25) is 0 Å². The Bertz CT molecular complexity index is 635. The highest BCUT2D eigenvalue weighted by atomic mass is 16.3. The summed E-state index contributed by atoms with van der Waals surface area (Å²) in [7, 11) is 0. The summed E-state index contributed by atoms with van der Waals surface area (Å²) < 4.78 is 0.427. The Morgan fingerprint density at radius 3 is 2.32 bits per heavy atom. The van der Waals surface area contributed by atoms with Crippen molar-refractivity contribution in [1.29, 1.82) is 5.26 Å². The molecule has 0 fully saturated rings. The zero-order valence-electron chi connectivity index (χ0n) is 13.7. The fraction of sp³-hybridized carbons (Fsp3) is 0.444. The van der Waals surface area contributed by atoms with Crippen LogP contribution in [-0.2, 0) is 0 Å². The monoisotopic (exact) mass is 298 g/mol. The van der Waals surface area contributed by atoms with Crippen LogP contribution < -0.4 is 0 Å². The molecule has 0 saturated carbocycles. The third kappa shape index (κ3) is 3.11. The number of hydrogen-bond donors (Lipinski definition) is 1. The van der Waals surface area contributed by atoms with E-state index in [1.54, 1.807) is 6.92 Å². The number of aliphatic hydroxyl groups excluding tert-OH is 1. The van der Waals surface area contributed by atoms with E-state index in [-0.39, 0.29) is 6.04 Å². The second-order valence-corrected chi connectivity index (χ2v) is 6.16. The van der Waals surface area contributed by atoms with E-state index in [1.165, 1.54) is 5.57 Å². The number of hydrogen-bond acceptors (Lipinski definition) is 3. The summed E-state index contributed by atoms with van der Waals surface area (Å²) in [6.07, 6.45) is 2.65. The molecule has 1 aromatic carbocycles. The summed E-state index contributed by atoms with van der Waals surface area (Å²) >= 11 is 0. The average molecular weight is 298 g/mol. The van der Waals surface area contributed by atoms with Crippen molar-refractivity contribution in [3.05, 3.63) is 47.2 Å². The molecule has 0 bridgehead atoms. The summed E-state index contributed by atoms with van der Waals surface area (Å²) in [6, 6.07) is 9.93. The van der Waals surface area contributed by atoms with Gasteiger partial charge in [-0.15, -0.1) is 0 Å². The zero-order valence-corrected chi connectivity index (χ0v) is 13.7. The van der Waals surface area contributed by atoms with Crippen molar-refractivity contribution >= 4 is 5.71 Å². The molecule has 1 aliphatic heterocycles. The SMILES string of the molecule is CCC1=C[N+](C[C@H](C)O)(C(C)C)N=C1c1ccc(C#N)cc1. The third-order valence-corrected chi connectivity index (χ3v) is 4.09. The van der Waals surface area contributed by atoms with E-state index in [0.717, 1.165) is 17.7 Å². The van der Waals surface area contributed by atoms with Gasteiger partial charge in [-0.1, -0.05) is 24.2 Å². The standard InChI is InChI=1S/C18H24N3O/c1-5-16-12-21(13(2)3,11-14(4)22)20-18(16)17-8-6-15(10-19)7-9-17/h6-9,12-14,22H,5,11H2,1-4H3/q+1/t14-,21?/m0/s1. The number of aliphatic hydroxyl groups is 1. The van der Waals surface area contributed by atoms with Gasteiger partial charge in [0.1, 0.15) is 30.6 Å². The van der Waals surface area contributed by atoms with Crippen LogP contribution in [-0.4, -0.2) is 34.1 Å². The number of benzene rings is 1. The van der Waals surface area contributed by atoms with Gasteiger partial charge >= 0.3 is 0 Å². The lowest BCUT2D eigenvalue weighted by atomic mass is 10.0. The van der Waals surface area contributed by atoms with Crippen molar-refractivity contribution in [2.24, 2.45) is 5.10 Å². The van der Waals surface area contributed by atoms with Crippen molar-refractivity contribution in [3.63, 3.8) is 0 Å². The molecule has 4 heteroatoms. The molecule has 2 atom stereocenters. The van der Waals surface area contributed by atoms with E-state index >= 15 is 0 Å². The van der Waals surface area contributed by atoms with Gasteiger partial charge in [-0.25, -0.2) is 0 Å². The van der Waals surface area contributed by atoms with Gasteiger partial charge < -0.3 is 5.11 Å². The van der Waals surface area contributed by atoms with Crippen LogP contribution in [0.4, 0.5) is 0 Å². The minimum absolute atomic E-state index is 0.257. The first-order valence-electron chi connectivity index (χ1n) is 7.80. The molecule has 116 valence electrons. The molecule has 0 radical (unpaired) electrons. The largest absolute Gasteiger partial charge is 0.387 e. The number of allylic oxidation sites excluding steroid dienone is 1. The minimum atomic E-state index is -0.416. The van der Waals surface area contributed by atoms with Gasteiger partial charge in [0, 0.05) is 11.1 Å². The first-order valence-corrected chi connectivity index (χ1v) is 7.80. The Balaban J connectivity index is 2.47. The Morgan fingerprint density at radius 1 is 1.23 bits per heavy atom. The first kappa shape index (κ1) is 16.4. The van der Waals surface area contributed by atoms with Crippen molar-refractivity contribution in [3.8, 4) is 6.07 Å². The maximum Gasteiger partial charge on any atom is 0.135 e. The summed E-state index contributed by atoms with van der Waals surface area (Å²) in [6.45, 7) is 8.74. The predicted molar refractivity (Wildman–Crippen MR) is 88.0 cm³/mol. The van der Waals surface area contributed by atoms with E-state index in [0.29, 0.717) is 16.7 Å². The second kappa shape index (κ2) is 6.43. The molecule has 1 aromatic rings. The molecule has 22 heavy (non-hydrogen) atoms. The average Bonchev–Trinajstić information content (AvgIpc) is 2.86. The highest BCUT2D eigenvalue weighted by molar-refractivity contribution is 6.12. The van der Waals surface area contributed by atoms with Crippen LogP contribution >= 0.6 is 0 Å². The fourth-order valence-electron chi connectivity index (χ4n) is 2.81. The van der Waals surface area contributed by atoms with Crippen molar-refractivity contribution in [1.82, 2.24) is 0 Å². The van der Waals surface area contributed by atoms with Crippen LogP contribution in [0, 0.1) is 11.3 Å². The smallest absolute Gasteiger partial charge is 0.135 e. The topological polar surface area (TPSA) is 56.4 Å². The summed E-state index contributed by atoms with van der Waals surface area (Å²) in [5, 5.41) is 23.7. The van der Waals surface area contributed by atoms with Crippen LogP contribution in [0.1, 0.15) is 45.2 Å². The maximum absolute atomic E-state index is 9.86. The molecule has 1 unspecified atom stereocenters. The maximum atomic E-state index is 9.86. The molecule has 0 saturated heterocycles. The number of nitrogens with zero attached hydrogens (tertiary/aromatic N) is 3. The van der Waals surface area contributed by atoms with Gasteiger partial charge in [-0.05, 0) is 39.3 Å². The lowest BCUT2D eigenvalue weighted by Crippen LogP contribution is -2.46. The van der Waals surface area contributed by atoms with E-state index in [9.17, 15) is 5.11 Å². The highest BCUT2D eigenvalue weighted by Crippen LogP contribution is 2.30. The number of quaternary nitrogens is 1. The predicted octanol–water partition coefficient (Wildman–Crippen LogP) is 3.18. The molecule has 4 nitrogen and oxygen atoms in total. The normalized spacial score (nSPS) is 22.2. The van der Waals surface area contributed by atoms with Crippen LogP contribution in [0.3, 0.4) is 0 Å². The van der Waals surface area contributed by atoms with Crippen LogP contribution in [0.5, 0.6) is 0 Å². The number of nitriles is 1. The molecule has 2 rings (SSSR count). The Kier molecular flexibility index (Phi) is 4.80. The molecule has 0 aromatic heterocycles. The van der Waals surface area contributed by atoms with Gasteiger partial charge in [0.2, 0.25) is 0 Å². The third-order valence-electron chi connectivity index (χ3n) is 4.09. The van der Waals surface area contributed by atoms with Crippen LogP contribution in [0.25, 0.3) is 0 Å². The highest BCUT2D eigenvalue weighted by Gasteiger charge is 2.38. The zero-order chi connectivity index (χ0) is 16.3. The quantitative estimate of drug-likeness (QED) is 0.849. The molecule has 1 aliphatic rings. The molecule has 0 aliphatic carbocycles. The molecular weight excluding hydrogens is 274 g/mol. The summed E-state index contributed by atoms with van der Waals surface area (Å²) in [4.78, 5) is 0. The number of rotatable bonds is 5. The molecule has 0 spiro atoms. The lowest BCUT2D eigenvalue weighted by molar-refractivity contribution is -0.907. The van der Waals surface area contributed by atoms with Crippen molar-refractivity contribution < 1.29 is 9.70 Å². The lowest BCUT2D eigenvalue weighted by Gasteiger charge is -2.31. The Labute approximate surface area is 132 Å². The van der Waals surface area contributed by atoms with Gasteiger partial charge in [0.15, 0.2) is 0 Å². The minimum Gasteiger partial charge on any atom is -0.387 e. The first-order chi connectivity index (χ1) is 10.4. The van der Waals surface area contributed by atoms with E-state index in [4.69, 9.17) is 10.4 Å². The van der Waals surface area contributed by atoms with Crippen molar-refractivity contribution in [2.45, 2.75) is 46.3 Å². The summed E-state index contributed by atoms with van der Waals surface area (Å²) in [5.41, 5.74) is 3.84. The van der Waals surface area contributed by atoms with E-state index < -0.39 is 6.10 Å². The Hall–Kier alpha value is -1.96. The summed E-state index contributed by atoms with van der Waals surface area (Å²) in [5.74, 6) is 0. The van der Waals surface area contributed by atoms with Crippen LogP contribution in [0.15, 0.2) is 41.1 Å². The molecule has 1 heterocycles. The van der Waals surface area contributed by atoms with Crippen molar-refractivity contribution in [2.75, 3.05) is 6.54 Å². The molecule has 1 N–H and O–H groups in total. The van der Waals surface area contributed by atoms with Gasteiger partial charge in [-0.2, -0.15) is 9.85 Å². The van der Waals surface area contributed by atoms with E-state index in [1.807, 2.05) is 24.3 Å².